The van der Waals surface area contributed by atoms with Gasteiger partial charge in [0.15, 0.2) is 0 Å². The molecule has 0 saturated carbocycles. The van der Waals surface area contributed by atoms with Crippen LogP contribution in [0.2, 0.25) is 0 Å². The van der Waals surface area contributed by atoms with Crippen LogP contribution in [-0.2, 0) is 5.11 Å². The first-order chi connectivity index (χ1) is 3.48. The van der Waals surface area contributed by atoms with Gasteiger partial charge in [0.1, 0.15) is 11.7 Å². The Morgan fingerprint density at radius 2 is 2.00 bits per heavy atom. The van der Waals surface area contributed by atoms with E-state index in [0.29, 0.717) is 0 Å². The molecule has 2 N–H and O–H groups in total. The van der Waals surface area contributed by atoms with Gasteiger partial charge in [-0.2, -0.15) is 0 Å². The average molecular weight is 119 g/mol. The molecule has 1 atom stereocenters. The van der Waals surface area contributed by atoms with Gasteiger partial charge in [0, 0.05) is 0 Å². The summed E-state index contributed by atoms with van der Waals surface area (Å²) in [6.07, 6.45) is -1.15. The van der Waals surface area contributed by atoms with Crippen molar-refractivity contribution in [2.45, 2.75) is 25.6 Å². The minimum absolute atomic E-state index is 0.462. The molecule has 0 spiro atoms. The maximum Gasteiger partial charge on any atom is 0.126 e. The predicted molar refractivity (Wildman–Crippen MR) is 27.9 cm³/mol. The Kier molecular flexibility index (Phi) is 2.40. The van der Waals surface area contributed by atoms with Crippen molar-refractivity contribution in [1.82, 2.24) is 0 Å². The first kappa shape index (κ1) is 7.88. The van der Waals surface area contributed by atoms with Crippen molar-refractivity contribution in [2.75, 3.05) is 6.61 Å². The molecule has 0 aromatic heterocycles. The summed E-state index contributed by atoms with van der Waals surface area (Å²) in [4.78, 5) is 0. The van der Waals surface area contributed by atoms with Crippen LogP contribution in [0.15, 0.2) is 0 Å². The lowest BCUT2D eigenvalue weighted by molar-refractivity contribution is -0.110. The second-order valence-corrected chi connectivity index (χ2v) is 2.30. The molecule has 3 heteroatoms. The molecule has 0 aromatic carbocycles. The zero-order valence-corrected chi connectivity index (χ0v) is 5.09. The van der Waals surface area contributed by atoms with E-state index in [9.17, 15) is 5.11 Å². The fraction of sp³-hybridized carbons (Fsp3) is 1.00. The van der Waals surface area contributed by atoms with E-state index < -0.39 is 18.3 Å². The molecule has 1 radical (unpaired) electrons. The molecule has 1 unspecified atom stereocenters. The smallest absolute Gasteiger partial charge is 0.126 e. The van der Waals surface area contributed by atoms with Gasteiger partial charge >= 0.3 is 0 Å². The summed E-state index contributed by atoms with van der Waals surface area (Å²) in [7, 11) is 0. The maximum atomic E-state index is 10.6. The molecule has 0 amide bonds. The second-order valence-electron chi connectivity index (χ2n) is 2.30. The summed E-state index contributed by atoms with van der Waals surface area (Å²) in [6.45, 7) is 2.19. The first-order valence-corrected chi connectivity index (χ1v) is 2.48. The highest BCUT2D eigenvalue weighted by Gasteiger charge is 2.25. The van der Waals surface area contributed by atoms with Gasteiger partial charge in [-0.1, -0.05) is 0 Å². The van der Waals surface area contributed by atoms with Crippen molar-refractivity contribution in [3.05, 3.63) is 0 Å². The molecule has 0 saturated heterocycles. The minimum atomic E-state index is -1.44. The standard InChI is InChI=1S/C5H11O3/c1-5(2,8)4(7)3-6/h4,6-7H,3H2,1-2H3. The fourth-order valence-electron chi connectivity index (χ4n) is 0.220. The molecular formula is C5H11O3. The second kappa shape index (κ2) is 2.44. The SMILES string of the molecule is CC(C)([O])C(O)CO. The Balaban J connectivity index is 3.62. The van der Waals surface area contributed by atoms with Crippen LogP contribution >= 0.6 is 0 Å². The van der Waals surface area contributed by atoms with Gasteiger partial charge in [-0.3, -0.25) is 0 Å². The largest absolute Gasteiger partial charge is 0.394 e. The number of hydrogen-bond acceptors (Lipinski definition) is 2. The molecule has 0 rings (SSSR count). The summed E-state index contributed by atoms with van der Waals surface area (Å²) in [6, 6.07) is 0. The monoisotopic (exact) mass is 119 g/mol. The van der Waals surface area contributed by atoms with Crippen molar-refractivity contribution >= 4 is 0 Å². The van der Waals surface area contributed by atoms with Crippen LogP contribution in [0, 0.1) is 0 Å². The highest BCUT2D eigenvalue weighted by molar-refractivity contribution is 4.74. The van der Waals surface area contributed by atoms with Crippen molar-refractivity contribution in [2.24, 2.45) is 0 Å². The Hall–Kier alpha value is -0.120. The Labute approximate surface area is 48.6 Å². The maximum absolute atomic E-state index is 10.6. The molecule has 0 aromatic rings. The molecule has 8 heavy (non-hydrogen) atoms. The average Bonchev–Trinajstić information content (AvgIpc) is 1.62. The van der Waals surface area contributed by atoms with Crippen molar-refractivity contribution in [3.63, 3.8) is 0 Å². The predicted octanol–water partition coefficient (Wildman–Crippen LogP) is -0.451. The molecule has 0 fully saturated rings. The molecule has 0 aliphatic rings. The van der Waals surface area contributed by atoms with Crippen LogP contribution in [0.25, 0.3) is 0 Å². The lowest BCUT2D eigenvalue weighted by atomic mass is 10.0. The zero-order valence-electron chi connectivity index (χ0n) is 5.09. The lowest BCUT2D eigenvalue weighted by Gasteiger charge is -2.18. The van der Waals surface area contributed by atoms with Crippen LogP contribution < -0.4 is 0 Å². The van der Waals surface area contributed by atoms with E-state index in [-0.39, 0.29) is 0 Å². The molecule has 49 valence electrons. The number of hydrogen-bond donors (Lipinski definition) is 2. The van der Waals surface area contributed by atoms with Gasteiger partial charge in [0.2, 0.25) is 0 Å². The Bertz CT molecular complexity index is 64.6. The van der Waals surface area contributed by atoms with Crippen LogP contribution in [0.5, 0.6) is 0 Å². The van der Waals surface area contributed by atoms with Crippen LogP contribution in [-0.4, -0.2) is 28.5 Å². The molecule has 0 bridgehead atoms. The summed E-state index contributed by atoms with van der Waals surface area (Å²) < 4.78 is 0. The van der Waals surface area contributed by atoms with Gasteiger partial charge in [0.05, 0.1) is 6.61 Å². The minimum Gasteiger partial charge on any atom is -0.394 e. The van der Waals surface area contributed by atoms with E-state index in [1.54, 1.807) is 0 Å². The third kappa shape index (κ3) is 2.26. The Morgan fingerprint density at radius 3 is 2.00 bits per heavy atom. The van der Waals surface area contributed by atoms with Crippen LogP contribution in [0.4, 0.5) is 0 Å². The quantitative estimate of drug-likeness (QED) is 0.517. The van der Waals surface area contributed by atoms with Crippen molar-refractivity contribution in [3.8, 4) is 0 Å². The van der Waals surface area contributed by atoms with E-state index in [4.69, 9.17) is 10.2 Å². The summed E-state index contributed by atoms with van der Waals surface area (Å²) in [5.41, 5.74) is -1.44. The summed E-state index contributed by atoms with van der Waals surface area (Å²) in [5, 5.41) is 27.5. The topological polar surface area (TPSA) is 60.4 Å². The van der Waals surface area contributed by atoms with Gasteiger partial charge in [-0.05, 0) is 13.8 Å². The van der Waals surface area contributed by atoms with E-state index in [1.165, 1.54) is 13.8 Å². The van der Waals surface area contributed by atoms with Crippen molar-refractivity contribution < 1.29 is 15.3 Å². The number of rotatable bonds is 2. The van der Waals surface area contributed by atoms with Crippen LogP contribution in [0.3, 0.4) is 0 Å². The Morgan fingerprint density at radius 1 is 1.62 bits per heavy atom. The van der Waals surface area contributed by atoms with Gasteiger partial charge in [-0.25, -0.2) is 5.11 Å². The van der Waals surface area contributed by atoms with E-state index in [0.717, 1.165) is 0 Å². The molecule has 3 nitrogen and oxygen atoms in total. The third-order valence-electron chi connectivity index (χ3n) is 0.975. The fourth-order valence-corrected chi connectivity index (χ4v) is 0.220. The van der Waals surface area contributed by atoms with E-state index in [2.05, 4.69) is 0 Å². The summed E-state index contributed by atoms with van der Waals surface area (Å²) in [5.74, 6) is 0. The normalized spacial score (nSPS) is 16.1. The first-order valence-electron chi connectivity index (χ1n) is 2.48. The zero-order chi connectivity index (χ0) is 6.78. The molecule has 0 aliphatic heterocycles. The van der Waals surface area contributed by atoms with E-state index >= 15 is 0 Å². The van der Waals surface area contributed by atoms with Crippen LogP contribution in [0.1, 0.15) is 13.8 Å². The highest BCUT2D eigenvalue weighted by Crippen LogP contribution is 2.07. The third-order valence-corrected chi connectivity index (χ3v) is 0.975. The molecule has 0 aliphatic carbocycles. The lowest BCUT2D eigenvalue weighted by Crippen LogP contribution is -2.37. The number of aliphatic hydroxyl groups is 2. The van der Waals surface area contributed by atoms with Gasteiger partial charge in [-0.15, -0.1) is 0 Å². The van der Waals surface area contributed by atoms with Gasteiger partial charge in [0.25, 0.3) is 0 Å². The summed E-state index contributed by atoms with van der Waals surface area (Å²) >= 11 is 0. The number of aliphatic hydroxyl groups excluding tert-OH is 2. The van der Waals surface area contributed by atoms with E-state index in [1.807, 2.05) is 0 Å². The highest BCUT2D eigenvalue weighted by atomic mass is 16.4. The molecule has 0 heterocycles. The molecular weight excluding hydrogens is 108 g/mol. The van der Waals surface area contributed by atoms with Crippen molar-refractivity contribution in [1.29, 1.82) is 0 Å². The van der Waals surface area contributed by atoms with Gasteiger partial charge < -0.3 is 10.2 Å².